The van der Waals surface area contributed by atoms with Crippen molar-refractivity contribution in [1.29, 1.82) is 0 Å². The summed E-state index contributed by atoms with van der Waals surface area (Å²) in [6.07, 6.45) is 5.37. The Kier molecular flexibility index (Phi) is 5.66. The molecular weight excluding hydrogens is 398 g/mol. The Hall–Kier alpha value is -2.64. The number of benzene rings is 1. The van der Waals surface area contributed by atoms with Crippen LogP contribution in [-0.2, 0) is 14.9 Å². The van der Waals surface area contributed by atoms with Crippen LogP contribution in [0.2, 0.25) is 0 Å². The van der Waals surface area contributed by atoms with Crippen LogP contribution in [0.3, 0.4) is 0 Å². The van der Waals surface area contributed by atoms with Gasteiger partial charge in [0.1, 0.15) is 5.75 Å². The molecule has 0 saturated carbocycles. The number of ether oxygens (including phenoxy) is 1. The molecule has 7 heteroatoms. The molecule has 0 bridgehead atoms. The van der Waals surface area contributed by atoms with Gasteiger partial charge in [-0.25, -0.2) is 0 Å². The van der Waals surface area contributed by atoms with E-state index in [0.29, 0.717) is 23.9 Å². The SMILES string of the molecule is CC(C)(C)c1cc(-c2cncc(/C=C3\SC(N4CCOCC4)=NC3=O)c2)ccc1O. The van der Waals surface area contributed by atoms with Crippen molar-refractivity contribution in [3.63, 3.8) is 0 Å². The Labute approximate surface area is 180 Å². The van der Waals surface area contributed by atoms with E-state index in [1.807, 2.05) is 24.3 Å². The Morgan fingerprint density at radius 2 is 1.90 bits per heavy atom. The number of rotatable bonds is 2. The molecule has 156 valence electrons. The number of nitrogens with zero attached hydrogens (tertiary/aromatic N) is 3. The van der Waals surface area contributed by atoms with Crippen LogP contribution in [0.4, 0.5) is 0 Å². The first-order valence-corrected chi connectivity index (χ1v) is 10.8. The van der Waals surface area contributed by atoms with E-state index in [1.54, 1.807) is 18.5 Å². The average molecular weight is 424 g/mol. The molecule has 2 aromatic rings. The molecule has 0 radical (unpaired) electrons. The van der Waals surface area contributed by atoms with E-state index in [4.69, 9.17) is 4.74 Å². The van der Waals surface area contributed by atoms with Crippen molar-refractivity contribution in [3.05, 3.63) is 52.7 Å². The van der Waals surface area contributed by atoms with Gasteiger partial charge in [0.25, 0.3) is 5.91 Å². The molecule has 0 atom stereocenters. The van der Waals surface area contributed by atoms with Gasteiger partial charge in [-0.05, 0) is 58.1 Å². The highest BCUT2D eigenvalue weighted by atomic mass is 32.2. The lowest BCUT2D eigenvalue weighted by Crippen LogP contribution is -2.38. The van der Waals surface area contributed by atoms with Gasteiger partial charge in [-0.2, -0.15) is 4.99 Å². The normalized spacial score (nSPS) is 18.8. The Morgan fingerprint density at radius 1 is 1.13 bits per heavy atom. The smallest absolute Gasteiger partial charge is 0.286 e. The second-order valence-corrected chi connectivity index (χ2v) is 9.41. The third-order valence-electron chi connectivity index (χ3n) is 5.09. The van der Waals surface area contributed by atoms with Crippen LogP contribution in [0.25, 0.3) is 17.2 Å². The van der Waals surface area contributed by atoms with Crippen LogP contribution in [0, 0.1) is 0 Å². The highest BCUT2D eigenvalue weighted by molar-refractivity contribution is 8.18. The number of aromatic hydroxyl groups is 1. The predicted octanol–water partition coefficient (Wildman–Crippen LogP) is 4.05. The lowest BCUT2D eigenvalue weighted by molar-refractivity contribution is -0.113. The number of aromatic nitrogens is 1. The summed E-state index contributed by atoms with van der Waals surface area (Å²) in [6, 6.07) is 7.60. The number of carbonyl (C=O) groups excluding carboxylic acids is 1. The highest BCUT2D eigenvalue weighted by Crippen LogP contribution is 2.35. The van der Waals surface area contributed by atoms with E-state index in [-0.39, 0.29) is 11.3 Å². The van der Waals surface area contributed by atoms with Gasteiger partial charge in [-0.1, -0.05) is 26.8 Å². The summed E-state index contributed by atoms with van der Waals surface area (Å²) in [5, 5.41) is 11.0. The maximum atomic E-state index is 12.4. The van der Waals surface area contributed by atoms with Crippen molar-refractivity contribution in [2.24, 2.45) is 4.99 Å². The molecule has 1 amide bonds. The van der Waals surface area contributed by atoms with E-state index in [9.17, 15) is 9.90 Å². The zero-order valence-electron chi connectivity index (χ0n) is 17.4. The molecule has 4 rings (SSSR count). The van der Waals surface area contributed by atoms with Gasteiger partial charge in [0.15, 0.2) is 5.17 Å². The van der Waals surface area contributed by atoms with E-state index in [2.05, 4.69) is 35.6 Å². The van der Waals surface area contributed by atoms with E-state index in [0.717, 1.165) is 40.5 Å². The van der Waals surface area contributed by atoms with Gasteiger partial charge in [0.2, 0.25) is 0 Å². The zero-order valence-corrected chi connectivity index (χ0v) is 18.2. The first-order chi connectivity index (χ1) is 14.3. The number of aliphatic imine (C=N–C) groups is 1. The lowest BCUT2D eigenvalue weighted by atomic mass is 9.84. The third-order valence-corrected chi connectivity index (χ3v) is 6.13. The van der Waals surface area contributed by atoms with Crippen LogP contribution < -0.4 is 0 Å². The predicted molar refractivity (Wildman–Crippen MR) is 120 cm³/mol. The van der Waals surface area contributed by atoms with Crippen LogP contribution >= 0.6 is 11.8 Å². The fraction of sp³-hybridized carbons (Fsp3) is 0.348. The van der Waals surface area contributed by atoms with E-state index < -0.39 is 0 Å². The quantitative estimate of drug-likeness (QED) is 0.735. The summed E-state index contributed by atoms with van der Waals surface area (Å²) < 4.78 is 5.37. The number of hydrogen-bond donors (Lipinski definition) is 1. The number of amidine groups is 1. The second-order valence-electron chi connectivity index (χ2n) is 8.40. The summed E-state index contributed by atoms with van der Waals surface area (Å²) >= 11 is 1.40. The maximum Gasteiger partial charge on any atom is 0.286 e. The van der Waals surface area contributed by atoms with Crippen LogP contribution in [0.15, 0.2) is 46.6 Å². The molecule has 6 nitrogen and oxygen atoms in total. The number of carbonyl (C=O) groups is 1. The fourth-order valence-electron chi connectivity index (χ4n) is 3.45. The highest BCUT2D eigenvalue weighted by Gasteiger charge is 2.27. The number of pyridine rings is 1. The molecule has 1 N–H and O–H groups in total. The minimum absolute atomic E-state index is 0.173. The molecule has 2 aliphatic heterocycles. The fourth-order valence-corrected chi connectivity index (χ4v) is 4.42. The lowest BCUT2D eigenvalue weighted by Gasteiger charge is -2.27. The number of morpholine rings is 1. The number of phenolic OH excluding ortho intramolecular Hbond substituents is 1. The number of amides is 1. The molecule has 1 saturated heterocycles. The van der Waals surface area contributed by atoms with Crippen molar-refractivity contribution in [1.82, 2.24) is 9.88 Å². The van der Waals surface area contributed by atoms with Gasteiger partial charge in [0.05, 0.1) is 18.1 Å². The molecule has 1 aromatic heterocycles. The average Bonchev–Trinajstić information content (AvgIpc) is 3.09. The molecule has 1 fully saturated rings. The summed E-state index contributed by atoms with van der Waals surface area (Å²) in [7, 11) is 0. The Morgan fingerprint density at radius 3 is 2.63 bits per heavy atom. The molecule has 0 unspecified atom stereocenters. The van der Waals surface area contributed by atoms with Gasteiger partial charge in [0, 0.05) is 31.0 Å². The summed E-state index contributed by atoms with van der Waals surface area (Å²) in [6.45, 7) is 9.02. The van der Waals surface area contributed by atoms with Crippen molar-refractivity contribution >= 4 is 28.9 Å². The van der Waals surface area contributed by atoms with Crippen LogP contribution in [0.1, 0.15) is 31.9 Å². The first-order valence-electron chi connectivity index (χ1n) is 9.95. The van der Waals surface area contributed by atoms with Crippen molar-refractivity contribution in [2.75, 3.05) is 26.3 Å². The molecule has 30 heavy (non-hydrogen) atoms. The van der Waals surface area contributed by atoms with Crippen LogP contribution in [0.5, 0.6) is 5.75 Å². The number of thioether (sulfide) groups is 1. The molecule has 3 heterocycles. The Bertz CT molecular complexity index is 1030. The largest absolute Gasteiger partial charge is 0.508 e. The van der Waals surface area contributed by atoms with E-state index in [1.165, 1.54) is 11.8 Å². The molecular formula is C23H25N3O3S. The molecule has 0 aliphatic carbocycles. The monoisotopic (exact) mass is 423 g/mol. The van der Waals surface area contributed by atoms with Gasteiger partial charge < -0.3 is 14.7 Å². The second kappa shape index (κ2) is 8.24. The van der Waals surface area contributed by atoms with Gasteiger partial charge in [-0.15, -0.1) is 0 Å². The minimum Gasteiger partial charge on any atom is -0.508 e. The van der Waals surface area contributed by atoms with Crippen molar-refractivity contribution in [3.8, 4) is 16.9 Å². The summed E-state index contributed by atoms with van der Waals surface area (Å²) in [5.74, 6) is 0.0739. The van der Waals surface area contributed by atoms with Crippen molar-refractivity contribution in [2.45, 2.75) is 26.2 Å². The number of phenols is 1. The molecule has 1 aromatic carbocycles. The standard InChI is InChI=1S/C23H25N3O3S/c1-23(2,3)18-12-16(4-5-19(18)27)17-10-15(13-24-14-17)11-20-21(28)25-22(30-20)26-6-8-29-9-7-26/h4-5,10-14,27H,6-9H2,1-3H3/b20-11-. The van der Waals surface area contributed by atoms with Crippen molar-refractivity contribution < 1.29 is 14.6 Å². The first kappa shape index (κ1) is 20.6. The maximum absolute atomic E-state index is 12.4. The summed E-state index contributed by atoms with van der Waals surface area (Å²) in [4.78, 5) is 23.7. The van der Waals surface area contributed by atoms with Gasteiger partial charge >= 0.3 is 0 Å². The molecule has 2 aliphatic rings. The van der Waals surface area contributed by atoms with E-state index >= 15 is 0 Å². The van der Waals surface area contributed by atoms with Gasteiger partial charge in [-0.3, -0.25) is 9.78 Å². The molecule has 0 spiro atoms. The zero-order chi connectivity index (χ0) is 21.3. The van der Waals surface area contributed by atoms with Crippen LogP contribution in [-0.4, -0.2) is 52.4 Å². The summed E-state index contributed by atoms with van der Waals surface area (Å²) in [5.41, 5.74) is 3.45. The topological polar surface area (TPSA) is 75.0 Å². The Balaban J connectivity index is 1.58. The third kappa shape index (κ3) is 4.42. The minimum atomic E-state index is -0.216. The number of hydrogen-bond acceptors (Lipinski definition) is 6.